The van der Waals surface area contributed by atoms with Crippen molar-refractivity contribution in [3.05, 3.63) is 70.9 Å². The van der Waals surface area contributed by atoms with Crippen molar-refractivity contribution in [2.75, 3.05) is 18.6 Å². The molecule has 0 fully saturated rings. The van der Waals surface area contributed by atoms with Crippen LogP contribution in [0.3, 0.4) is 0 Å². The van der Waals surface area contributed by atoms with E-state index < -0.39 is 35.1 Å². The SMILES string of the molecule is CN1C(=O)[C@@H](NC(=O)c2cn3c(-c4ccc(F)cc4F)csc3n2)COc2ccc(C#CC(C)(C)O)cc21. The number of aromatic nitrogens is 2. The molecule has 0 spiro atoms. The van der Waals surface area contributed by atoms with Crippen LogP contribution in [0.5, 0.6) is 5.75 Å². The van der Waals surface area contributed by atoms with Crippen molar-refractivity contribution in [1.82, 2.24) is 14.7 Å². The number of ether oxygens (including phenoxy) is 1. The maximum atomic E-state index is 14.3. The summed E-state index contributed by atoms with van der Waals surface area (Å²) in [7, 11) is 1.57. The van der Waals surface area contributed by atoms with Crippen LogP contribution in [-0.2, 0) is 4.79 Å². The molecule has 1 aliphatic heterocycles. The zero-order chi connectivity index (χ0) is 27.2. The lowest BCUT2D eigenvalue weighted by molar-refractivity contribution is -0.120. The number of anilines is 1. The van der Waals surface area contributed by atoms with Crippen LogP contribution < -0.4 is 15.0 Å². The Morgan fingerprint density at radius 2 is 2.05 bits per heavy atom. The van der Waals surface area contributed by atoms with Gasteiger partial charge in [0.25, 0.3) is 11.8 Å². The minimum Gasteiger partial charge on any atom is -0.489 e. The van der Waals surface area contributed by atoms with Crippen molar-refractivity contribution < 1.29 is 28.2 Å². The minimum atomic E-state index is -1.17. The van der Waals surface area contributed by atoms with E-state index in [1.807, 2.05) is 0 Å². The van der Waals surface area contributed by atoms with Gasteiger partial charge in [-0.1, -0.05) is 11.8 Å². The summed E-state index contributed by atoms with van der Waals surface area (Å²) in [5.41, 5.74) is 0.505. The van der Waals surface area contributed by atoms with E-state index in [4.69, 9.17) is 4.74 Å². The number of hydrogen-bond acceptors (Lipinski definition) is 6. The first-order valence-electron chi connectivity index (χ1n) is 11.5. The number of carbonyl (C=O) groups is 2. The van der Waals surface area contributed by atoms with Crippen LogP contribution in [-0.4, -0.2) is 51.6 Å². The van der Waals surface area contributed by atoms with Gasteiger partial charge in [-0.05, 0) is 44.2 Å². The zero-order valence-corrected chi connectivity index (χ0v) is 21.4. The van der Waals surface area contributed by atoms with Gasteiger partial charge in [0.15, 0.2) is 4.96 Å². The number of aliphatic hydroxyl groups is 1. The van der Waals surface area contributed by atoms with Crippen LogP contribution in [0, 0.1) is 23.5 Å². The monoisotopic (exact) mass is 536 g/mol. The summed E-state index contributed by atoms with van der Waals surface area (Å²) in [6, 6.07) is 7.34. The highest BCUT2D eigenvalue weighted by molar-refractivity contribution is 7.15. The number of nitrogens with zero attached hydrogens (tertiary/aromatic N) is 3. The summed E-state index contributed by atoms with van der Waals surface area (Å²) in [5.74, 6) is 3.61. The quantitative estimate of drug-likeness (QED) is 0.390. The molecule has 0 bridgehead atoms. The topological polar surface area (TPSA) is 96.2 Å². The van der Waals surface area contributed by atoms with Crippen LogP contribution in [0.4, 0.5) is 14.5 Å². The zero-order valence-electron chi connectivity index (χ0n) is 20.6. The molecule has 38 heavy (non-hydrogen) atoms. The summed E-state index contributed by atoms with van der Waals surface area (Å²) >= 11 is 1.19. The summed E-state index contributed by atoms with van der Waals surface area (Å²) < 4.78 is 35.0. The van der Waals surface area contributed by atoms with Crippen LogP contribution in [0.15, 0.2) is 48.0 Å². The highest BCUT2D eigenvalue weighted by atomic mass is 32.1. The van der Waals surface area contributed by atoms with Gasteiger partial charge in [0.2, 0.25) is 0 Å². The van der Waals surface area contributed by atoms with Crippen molar-refractivity contribution in [1.29, 1.82) is 0 Å². The number of amides is 2. The average Bonchev–Trinajstić information content (AvgIpc) is 3.43. The van der Waals surface area contributed by atoms with E-state index in [-0.39, 0.29) is 17.9 Å². The van der Waals surface area contributed by atoms with E-state index in [2.05, 4.69) is 22.1 Å². The smallest absolute Gasteiger partial charge is 0.272 e. The Hall–Kier alpha value is -4.27. The molecule has 1 aliphatic rings. The van der Waals surface area contributed by atoms with Crippen molar-refractivity contribution in [3.63, 3.8) is 0 Å². The molecule has 2 aromatic heterocycles. The molecule has 2 amide bonds. The fraction of sp³-hybridized carbons (Fsp3) is 0.222. The van der Waals surface area contributed by atoms with Gasteiger partial charge in [-0.2, -0.15) is 0 Å². The lowest BCUT2D eigenvalue weighted by atomic mass is 10.1. The van der Waals surface area contributed by atoms with Gasteiger partial charge in [-0.15, -0.1) is 11.3 Å². The van der Waals surface area contributed by atoms with Crippen LogP contribution in [0.2, 0.25) is 0 Å². The van der Waals surface area contributed by atoms with Crippen LogP contribution in [0.1, 0.15) is 29.9 Å². The third-order valence-electron chi connectivity index (χ3n) is 5.82. The molecule has 0 radical (unpaired) electrons. The molecule has 11 heteroatoms. The van der Waals surface area contributed by atoms with Gasteiger partial charge in [0, 0.05) is 35.8 Å². The molecule has 0 saturated heterocycles. The molecular formula is C27H22F2N4O4S. The number of fused-ring (bicyclic) bond motifs is 2. The second-order valence-corrected chi connectivity index (χ2v) is 10.1. The molecule has 5 rings (SSSR count). The molecule has 1 atom stereocenters. The Morgan fingerprint density at radius 3 is 2.79 bits per heavy atom. The largest absolute Gasteiger partial charge is 0.489 e. The Bertz CT molecular complexity index is 1640. The average molecular weight is 537 g/mol. The third-order valence-corrected chi connectivity index (χ3v) is 6.66. The van der Waals surface area contributed by atoms with Crippen molar-refractivity contribution in [2.45, 2.75) is 25.5 Å². The van der Waals surface area contributed by atoms with Crippen LogP contribution >= 0.6 is 11.3 Å². The lowest BCUT2D eigenvalue weighted by Gasteiger charge is -2.20. The highest BCUT2D eigenvalue weighted by Crippen LogP contribution is 2.32. The predicted octanol–water partition coefficient (Wildman–Crippen LogP) is 3.62. The standard InChI is InChI=1S/C27H22F2N4O4S/c1-27(2,36)9-8-15-4-7-23-21(10-15)32(3)25(35)20(13-37-23)30-24(34)19-12-33-22(14-38-26(33)31-19)17-6-5-16(28)11-18(17)29/h4-7,10-12,14,20,36H,13H2,1-3H3,(H,30,34)/t20-/m0/s1. The van der Waals surface area contributed by atoms with Gasteiger partial charge in [0.05, 0.1) is 11.4 Å². The van der Waals surface area contributed by atoms with E-state index in [0.717, 1.165) is 12.1 Å². The molecule has 0 aliphatic carbocycles. The number of imidazole rings is 1. The Labute approximate surface area is 220 Å². The second kappa shape index (κ2) is 9.55. The van der Waals surface area contributed by atoms with E-state index in [9.17, 15) is 23.5 Å². The summed E-state index contributed by atoms with van der Waals surface area (Å²) in [6.45, 7) is 3.03. The Morgan fingerprint density at radius 1 is 1.26 bits per heavy atom. The molecule has 0 saturated carbocycles. The number of likely N-dealkylation sites (N-methyl/N-ethyl adjacent to an activating group) is 1. The molecular weight excluding hydrogens is 514 g/mol. The molecule has 4 aromatic rings. The van der Waals surface area contributed by atoms with E-state index in [0.29, 0.717) is 27.7 Å². The first-order valence-corrected chi connectivity index (χ1v) is 12.4. The van der Waals surface area contributed by atoms with E-state index in [1.165, 1.54) is 28.5 Å². The minimum absolute atomic E-state index is 0.0296. The highest BCUT2D eigenvalue weighted by Gasteiger charge is 2.31. The van der Waals surface area contributed by atoms with Gasteiger partial charge in [-0.25, -0.2) is 13.8 Å². The maximum absolute atomic E-state index is 14.3. The number of carbonyl (C=O) groups excluding carboxylic acids is 2. The third kappa shape index (κ3) is 4.96. The van der Waals surface area contributed by atoms with Crippen molar-refractivity contribution >= 4 is 33.8 Å². The van der Waals surface area contributed by atoms with Crippen molar-refractivity contribution in [3.8, 4) is 28.8 Å². The van der Waals surface area contributed by atoms with Gasteiger partial charge in [-0.3, -0.25) is 14.0 Å². The summed E-state index contributed by atoms with van der Waals surface area (Å²) in [4.78, 5) is 32.3. The lowest BCUT2D eigenvalue weighted by Crippen LogP contribution is -2.49. The summed E-state index contributed by atoms with van der Waals surface area (Å²) in [6.07, 6.45) is 1.44. The van der Waals surface area contributed by atoms with Crippen molar-refractivity contribution in [2.24, 2.45) is 0 Å². The number of halogens is 2. The molecule has 2 aromatic carbocycles. The Balaban J connectivity index is 1.36. The molecule has 8 nitrogen and oxygen atoms in total. The fourth-order valence-electron chi connectivity index (χ4n) is 3.92. The van der Waals surface area contributed by atoms with Gasteiger partial charge >= 0.3 is 0 Å². The van der Waals surface area contributed by atoms with Crippen LogP contribution in [0.25, 0.3) is 16.2 Å². The molecule has 194 valence electrons. The normalized spacial score (nSPS) is 15.4. The molecule has 2 N–H and O–H groups in total. The number of thiazole rings is 1. The first-order chi connectivity index (χ1) is 18.0. The number of benzene rings is 2. The molecule has 3 heterocycles. The molecule has 0 unspecified atom stereocenters. The number of rotatable bonds is 3. The summed E-state index contributed by atoms with van der Waals surface area (Å²) in [5, 5.41) is 14.2. The van der Waals surface area contributed by atoms with E-state index in [1.54, 1.807) is 48.9 Å². The Kier molecular flexibility index (Phi) is 6.38. The fourth-order valence-corrected chi connectivity index (χ4v) is 4.79. The van der Waals surface area contributed by atoms with E-state index >= 15 is 0 Å². The van der Waals surface area contributed by atoms with Gasteiger partial charge in [0.1, 0.15) is 41.3 Å². The van der Waals surface area contributed by atoms with Gasteiger partial charge < -0.3 is 20.1 Å². The number of hydrogen-bond donors (Lipinski definition) is 2. The predicted molar refractivity (Wildman–Crippen MR) is 138 cm³/mol. The first kappa shape index (κ1) is 25.4. The number of nitrogens with one attached hydrogen (secondary N) is 1. The second-order valence-electron chi connectivity index (χ2n) is 9.25. The maximum Gasteiger partial charge on any atom is 0.272 e.